The lowest BCUT2D eigenvalue weighted by molar-refractivity contribution is 0.103. The van der Waals surface area contributed by atoms with Gasteiger partial charge in [-0.25, -0.2) is 0 Å². The molecule has 0 unspecified atom stereocenters. The summed E-state index contributed by atoms with van der Waals surface area (Å²) >= 11 is 5.97. The van der Waals surface area contributed by atoms with Gasteiger partial charge in [-0.3, -0.25) is 9.59 Å². The van der Waals surface area contributed by atoms with Gasteiger partial charge in [-0.05, 0) is 36.4 Å². The van der Waals surface area contributed by atoms with Gasteiger partial charge in [0.1, 0.15) is 5.75 Å². The molecule has 0 bridgehead atoms. The molecule has 22 heavy (non-hydrogen) atoms. The van der Waals surface area contributed by atoms with Crippen LogP contribution in [-0.4, -0.2) is 15.5 Å². The SMILES string of the molecule is Cn1c(=O)c(C(=O)c2ccccc2O)cc2cc(Cl)ccc21. The molecule has 1 heterocycles. The van der Waals surface area contributed by atoms with Crippen LogP contribution in [-0.2, 0) is 7.05 Å². The van der Waals surface area contributed by atoms with Crippen LogP contribution >= 0.6 is 11.6 Å². The second-order valence-electron chi connectivity index (χ2n) is 4.97. The fourth-order valence-electron chi connectivity index (χ4n) is 2.43. The molecule has 5 heteroatoms. The quantitative estimate of drug-likeness (QED) is 0.739. The Kier molecular flexibility index (Phi) is 3.47. The van der Waals surface area contributed by atoms with Gasteiger partial charge in [0.25, 0.3) is 5.56 Å². The molecule has 3 aromatic rings. The van der Waals surface area contributed by atoms with Crippen LogP contribution in [0.1, 0.15) is 15.9 Å². The predicted octanol–water partition coefficient (Wildman–Crippen LogP) is 3.13. The highest BCUT2D eigenvalue weighted by Gasteiger charge is 2.18. The lowest BCUT2D eigenvalue weighted by Crippen LogP contribution is -2.25. The summed E-state index contributed by atoms with van der Waals surface area (Å²) in [6.07, 6.45) is 0. The number of ketones is 1. The Morgan fingerprint density at radius 2 is 1.82 bits per heavy atom. The summed E-state index contributed by atoms with van der Waals surface area (Å²) in [4.78, 5) is 25.0. The van der Waals surface area contributed by atoms with E-state index in [9.17, 15) is 14.7 Å². The van der Waals surface area contributed by atoms with Crippen LogP contribution in [0.2, 0.25) is 5.02 Å². The first-order valence-electron chi connectivity index (χ1n) is 6.61. The third kappa shape index (κ3) is 2.27. The van der Waals surface area contributed by atoms with Gasteiger partial charge in [-0.2, -0.15) is 0 Å². The molecule has 0 aliphatic rings. The normalized spacial score (nSPS) is 10.8. The van der Waals surface area contributed by atoms with Gasteiger partial charge < -0.3 is 9.67 Å². The van der Waals surface area contributed by atoms with Crippen molar-refractivity contribution >= 4 is 28.3 Å². The molecule has 0 spiro atoms. The maximum atomic E-state index is 12.6. The van der Waals surface area contributed by atoms with E-state index >= 15 is 0 Å². The Morgan fingerprint density at radius 3 is 2.55 bits per heavy atom. The monoisotopic (exact) mass is 313 g/mol. The maximum absolute atomic E-state index is 12.6. The molecule has 0 atom stereocenters. The molecule has 1 aromatic heterocycles. The van der Waals surface area contributed by atoms with Crippen molar-refractivity contribution in [3.63, 3.8) is 0 Å². The van der Waals surface area contributed by atoms with Gasteiger partial charge in [-0.15, -0.1) is 0 Å². The van der Waals surface area contributed by atoms with Crippen molar-refractivity contribution in [2.24, 2.45) is 7.05 Å². The highest BCUT2D eigenvalue weighted by atomic mass is 35.5. The predicted molar refractivity (Wildman–Crippen MR) is 85.7 cm³/mol. The van der Waals surface area contributed by atoms with Gasteiger partial charge >= 0.3 is 0 Å². The number of pyridine rings is 1. The Bertz CT molecular complexity index is 960. The minimum absolute atomic E-state index is 0.00114. The molecule has 0 saturated heterocycles. The van der Waals surface area contributed by atoms with Crippen LogP contribution in [0.15, 0.2) is 53.3 Å². The lowest BCUT2D eigenvalue weighted by Gasteiger charge is -2.09. The minimum Gasteiger partial charge on any atom is -0.507 e. The van der Waals surface area contributed by atoms with Gasteiger partial charge in [0.15, 0.2) is 0 Å². The summed E-state index contributed by atoms with van der Waals surface area (Å²) in [5.74, 6) is -0.665. The van der Waals surface area contributed by atoms with E-state index in [4.69, 9.17) is 11.6 Å². The molecule has 0 fully saturated rings. The standard InChI is InChI=1S/C17H12ClNO3/c1-19-14-7-6-11(18)8-10(14)9-13(17(19)22)16(21)12-4-2-3-5-15(12)20/h2-9,20H,1H3. The average molecular weight is 314 g/mol. The van der Waals surface area contributed by atoms with Crippen molar-refractivity contribution in [1.29, 1.82) is 0 Å². The molecule has 0 radical (unpaired) electrons. The number of hydrogen-bond donors (Lipinski definition) is 1. The second kappa shape index (κ2) is 5.31. The molecule has 4 nitrogen and oxygen atoms in total. The van der Waals surface area contributed by atoms with Crippen LogP contribution in [0, 0.1) is 0 Å². The highest BCUT2D eigenvalue weighted by Crippen LogP contribution is 2.22. The zero-order chi connectivity index (χ0) is 15.9. The van der Waals surface area contributed by atoms with E-state index < -0.39 is 11.3 Å². The zero-order valence-corrected chi connectivity index (χ0v) is 12.5. The van der Waals surface area contributed by atoms with Gasteiger partial charge in [0.05, 0.1) is 16.6 Å². The first-order chi connectivity index (χ1) is 10.5. The van der Waals surface area contributed by atoms with Crippen molar-refractivity contribution in [2.45, 2.75) is 0 Å². The summed E-state index contributed by atoms with van der Waals surface area (Å²) in [6.45, 7) is 0. The van der Waals surface area contributed by atoms with Crippen molar-refractivity contribution in [3.05, 3.63) is 75.0 Å². The number of hydrogen-bond acceptors (Lipinski definition) is 3. The van der Waals surface area contributed by atoms with Crippen molar-refractivity contribution < 1.29 is 9.90 Å². The van der Waals surface area contributed by atoms with Crippen LogP contribution in [0.3, 0.4) is 0 Å². The number of fused-ring (bicyclic) bond motifs is 1. The Balaban J connectivity index is 2.27. The fourth-order valence-corrected chi connectivity index (χ4v) is 2.61. The zero-order valence-electron chi connectivity index (χ0n) is 11.7. The number of carbonyl (C=O) groups is 1. The largest absolute Gasteiger partial charge is 0.507 e. The number of aromatic nitrogens is 1. The summed E-state index contributed by atoms with van der Waals surface area (Å²) in [7, 11) is 1.60. The molecule has 2 aromatic carbocycles. The van der Waals surface area contributed by atoms with Crippen LogP contribution < -0.4 is 5.56 Å². The summed E-state index contributed by atoms with van der Waals surface area (Å²) in [5.41, 5.74) is 0.367. The van der Waals surface area contributed by atoms with Crippen LogP contribution in [0.5, 0.6) is 5.75 Å². The highest BCUT2D eigenvalue weighted by molar-refractivity contribution is 6.31. The van der Waals surface area contributed by atoms with E-state index in [0.717, 1.165) is 0 Å². The van der Waals surface area contributed by atoms with Crippen molar-refractivity contribution in [3.8, 4) is 5.75 Å². The Hall–Kier alpha value is -2.59. The van der Waals surface area contributed by atoms with E-state index in [1.807, 2.05) is 0 Å². The van der Waals surface area contributed by atoms with E-state index in [0.29, 0.717) is 15.9 Å². The number of nitrogens with zero attached hydrogens (tertiary/aromatic N) is 1. The topological polar surface area (TPSA) is 59.3 Å². The molecule has 110 valence electrons. The molecule has 3 rings (SSSR count). The molecular formula is C17H12ClNO3. The maximum Gasteiger partial charge on any atom is 0.262 e. The van der Waals surface area contributed by atoms with Crippen LogP contribution in [0.25, 0.3) is 10.9 Å². The smallest absolute Gasteiger partial charge is 0.262 e. The number of para-hydroxylation sites is 1. The molecule has 0 amide bonds. The molecule has 0 aliphatic carbocycles. The second-order valence-corrected chi connectivity index (χ2v) is 5.41. The first-order valence-corrected chi connectivity index (χ1v) is 6.99. The number of phenolic OH excluding ortho intramolecular Hbond substituents is 1. The number of phenols is 1. The third-order valence-electron chi connectivity index (χ3n) is 3.58. The Morgan fingerprint density at radius 1 is 1.09 bits per heavy atom. The fraction of sp³-hybridized carbons (Fsp3) is 0.0588. The number of aryl methyl sites for hydroxylation is 1. The molecular weight excluding hydrogens is 302 g/mol. The van der Waals surface area contributed by atoms with Gasteiger partial charge in [0, 0.05) is 17.5 Å². The Labute approximate surface area is 131 Å². The average Bonchev–Trinajstić information content (AvgIpc) is 2.50. The number of aromatic hydroxyl groups is 1. The van der Waals surface area contributed by atoms with E-state index in [2.05, 4.69) is 0 Å². The minimum atomic E-state index is -0.513. The van der Waals surface area contributed by atoms with Crippen molar-refractivity contribution in [2.75, 3.05) is 0 Å². The van der Waals surface area contributed by atoms with Gasteiger partial charge in [-0.1, -0.05) is 23.7 Å². The summed E-state index contributed by atoms with van der Waals surface area (Å²) < 4.78 is 1.40. The third-order valence-corrected chi connectivity index (χ3v) is 3.81. The lowest BCUT2D eigenvalue weighted by atomic mass is 10.0. The van der Waals surface area contributed by atoms with E-state index in [1.54, 1.807) is 37.4 Å². The van der Waals surface area contributed by atoms with E-state index in [-0.39, 0.29) is 16.9 Å². The molecule has 0 aliphatic heterocycles. The van der Waals surface area contributed by atoms with E-state index in [1.165, 1.54) is 22.8 Å². The molecule has 0 saturated carbocycles. The summed E-state index contributed by atoms with van der Waals surface area (Å²) in [5, 5.41) is 11.0. The van der Waals surface area contributed by atoms with Gasteiger partial charge in [0.2, 0.25) is 5.78 Å². The number of benzene rings is 2. The number of carbonyl (C=O) groups excluding carboxylic acids is 1. The summed E-state index contributed by atoms with van der Waals surface area (Å²) in [6, 6.07) is 12.8. The molecule has 1 N–H and O–H groups in total. The number of rotatable bonds is 2. The van der Waals surface area contributed by atoms with Crippen LogP contribution in [0.4, 0.5) is 0 Å². The van der Waals surface area contributed by atoms with Crippen molar-refractivity contribution in [1.82, 2.24) is 4.57 Å². The first kappa shape index (κ1) is 14.4. The number of halogens is 1.